The van der Waals surface area contributed by atoms with Gasteiger partial charge in [-0.2, -0.15) is 0 Å². The number of carbonyl (C=O) groups excluding carboxylic acids is 1. The summed E-state index contributed by atoms with van der Waals surface area (Å²) in [6.45, 7) is 0.632. The third kappa shape index (κ3) is 2.88. The molecule has 22 heavy (non-hydrogen) atoms. The van der Waals surface area contributed by atoms with E-state index in [-0.39, 0.29) is 16.5 Å². The number of benzene rings is 1. The van der Waals surface area contributed by atoms with E-state index in [0.717, 1.165) is 24.2 Å². The fourth-order valence-corrected chi connectivity index (χ4v) is 2.76. The molecule has 0 bridgehead atoms. The predicted molar refractivity (Wildman–Crippen MR) is 85.4 cm³/mol. The topological polar surface area (TPSA) is 33.2 Å². The Morgan fingerprint density at radius 1 is 1.32 bits per heavy atom. The summed E-state index contributed by atoms with van der Waals surface area (Å²) in [7, 11) is 0. The Balaban J connectivity index is 1.86. The van der Waals surface area contributed by atoms with Gasteiger partial charge >= 0.3 is 0 Å². The Labute approximate surface area is 133 Å². The molecule has 0 saturated carbocycles. The van der Waals surface area contributed by atoms with Gasteiger partial charge in [0.15, 0.2) is 0 Å². The van der Waals surface area contributed by atoms with Gasteiger partial charge in [-0.25, -0.2) is 4.39 Å². The minimum Gasteiger partial charge on any atom is -0.307 e. The van der Waals surface area contributed by atoms with Crippen LogP contribution in [-0.2, 0) is 11.2 Å². The van der Waals surface area contributed by atoms with Gasteiger partial charge in [0, 0.05) is 24.4 Å². The molecule has 0 N–H and O–H groups in total. The Kier molecular flexibility index (Phi) is 4.20. The van der Waals surface area contributed by atoms with E-state index in [0.29, 0.717) is 6.54 Å². The molecule has 0 radical (unpaired) electrons. The maximum absolute atomic E-state index is 13.7. The molecular formula is C17H14ClFN2O. The standard InChI is InChI=1S/C17H14ClFN2O/c18-13-4-1-5-14(19)12(13)8-9-17(22)21-11-3-6-15-16(21)7-2-10-20-15/h1-2,4-5,7-10H,3,6,11H2/b9-8+. The zero-order valence-electron chi connectivity index (χ0n) is 11.8. The summed E-state index contributed by atoms with van der Waals surface area (Å²) < 4.78 is 13.7. The van der Waals surface area contributed by atoms with Crippen molar-refractivity contribution in [3.05, 3.63) is 64.7 Å². The lowest BCUT2D eigenvalue weighted by molar-refractivity contribution is -0.114. The number of fused-ring (bicyclic) bond motifs is 1. The molecule has 1 aliphatic heterocycles. The van der Waals surface area contributed by atoms with E-state index in [9.17, 15) is 9.18 Å². The molecule has 1 aromatic carbocycles. The van der Waals surface area contributed by atoms with Crippen molar-refractivity contribution < 1.29 is 9.18 Å². The van der Waals surface area contributed by atoms with E-state index in [1.54, 1.807) is 17.2 Å². The number of anilines is 1. The van der Waals surface area contributed by atoms with Crippen LogP contribution in [0.15, 0.2) is 42.6 Å². The lowest BCUT2D eigenvalue weighted by Gasteiger charge is -2.27. The molecule has 5 heteroatoms. The van der Waals surface area contributed by atoms with Crippen molar-refractivity contribution in [1.82, 2.24) is 4.98 Å². The van der Waals surface area contributed by atoms with Crippen LogP contribution in [0.25, 0.3) is 6.08 Å². The largest absolute Gasteiger partial charge is 0.307 e. The van der Waals surface area contributed by atoms with Crippen molar-refractivity contribution in [2.75, 3.05) is 11.4 Å². The maximum Gasteiger partial charge on any atom is 0.251 e. The van der Waals surface area contributed by atoms with Crippen LogP contribution in [0, 0.1) is 5.82 Å². The van der Waals surface area contributed by atoms with E-state index in [1.165, 1.54) is 24.3 Å². The lowest BCUT2D eigenvalue weighted by Crippen LogP contribution is -2.34. The third-order valence-electron chi connectivity index (χ3n) is 3.61. The van der Waals surface area contributed by atoms with Gasteiger partial charge in [0.2, 0.25) is 0 Å². The fraction of sp³-hybridized carbons (Fsp3) is 0.176. The van der Waals surface area contributed by atoms with Crippen LogP contribution in [0.2, 0.25) is 5.02 Å². The van der Waals surface area contributed by atoms with Crippen LogP contribution < -0.4 is 4.90 Å². The molecule has 3 nitrogen and oxygen atoms in total. The average Bonchev–Trinajstić information content (AvgIpc) is 2.53. The summed E-state index contributed by atoms with van der Waals surface area (Å²) in [5, 5.41) is 0.282. The molecule has 2 heterocycles. The van der Waals surface area contributed by atoms with Crippen molar-refractivity contribution in [3.63, 3.8) is 0 Å². The van der Waals surface area contributed by atoms with Crippen LogP contribution >= 0.6 is 11.6 Å². The number of aromatic nitrogens is 1. The lowest BCUT2D eigenvalue weighted by atomic mass is 10.1. The smallest absolute Gasteiger partial charge is 0.251 e. The summed E-state index contributed by atoms with van der Waals surface area (Å²) in [6.07, 6.45) is 6.23. The second kappa shape index (κ2) is 6.28. The van der Waals surface area contributed by atoms with Gasteiger partial charge in [-0.15, -0.1) is 0 Å². The first-order chi connectivity index (χ1) is 10.7. The molecule has 2 aromatic rings. The summed E-state index contributed by atoms with van der Waals surface area (Å²) in [6, 6.07) is 8.12. The molecule has 0 fully saturated rings. The number of rotatable bonds is 2. The zero-order valence-corrected chi connectivity index (χ0v) is 12.6. The van der Waals surface area contributed by atoms with Gasteiger partial charge in [0.1, 0.15) is 5.82 Å². The molecule has 1 aliphatic rings. The van der Waals surface area contributed by atoms with Gasteiger partial charge in [-0.05, 0) is 43.2 Å². The predicted octanol–water partition coefficient (Wildman–Crippen LogP) is 3.87. The Morgan fingerprint density at radius 3 is 3.00 bits per heavy atom. The number of halogens is 2. The maximum atomic E-state index is 13.7. The summed E-state index contributed by atoms with van der Waals surface area (Å²) in [5.41, 5.74) is 1.96. The molecular weight excluding hydrogens is 303 g/mol. The Hall–Kier alpha value is -2.20. The first-order valence-corrected chi connectivity index (χ1v) is 7.42. The molecule has 112 valence electrons. The first kappa shape index (κ1) is 14.7. The van der Waals surface area contributed by atoms with Crippen molar-refractivity contribution in [2.24, 2.45) is 0 Å². The molecule has 1 aromatic heterocycles. The molecule has 0 aliphatic carbocycles. The molecule has 0 unspecified atom stereocenters. The van der Waals surface area contributed by atoms with Crippen molar-refractivity contribution in [3.8, 4) is 0 Å². The number of aryl methyl sites for hydroxylation is 1. The highest BCUT2D eigenvalue weighted by atomic mass is 35.5. The van der Waals surface area contributed by atoms with Gasteiger partial charge < -0.3 is 4.90 Å². The van der Waals surface area contributed by atoms with Crippen molar-refractivity contribution in [1.29, 1.82) is 0 Å². The van der Waals surface area contributed by atoms with E-state index in [4.69, 9.17) is 11.6 Å². The SMILES string of the molecule is O=C(/C=C/c1c(F)cccc1Cl)N1CCCc2ncccc21. The van der Waals surface area contributed by atoms with Crippen molar-refractivity contribution in [2.45, 2.75) is 12.8 Å². The minimum absolute atomic E-state index is 0.201. The minimum atomic E-state index is -0.447. The molecule has 0 atom stereocenters. The Bertz CT molecular complexity index is 725. The van der Waals surface area contributed by atoms with E-state index in [2.05, 4.69) is 4.98 Å². The summed E-state index contributed by atoms with van der Waals surface area (Å²) in [5.74, 6) is -0.648. The third-order valence-corrected chi connectivity index (χ3v) is 3.94. The van der Waals surface area contributed by atoms with E-state index < -0.39 is 5.82 Å². The monoisotopic (exact) mass is 316 g/mol. The fourth-order valence-electron chi connectivity index (χ4n) is 2.54. The second-order valence-electron chi connectivity index (χ2n) is 5.03. The van der Waals surface area contributed by atoms with Gasteiger partial charge in [0.05, 0.1) is 16.4 Å². The number of carbonyl (C=O) groups is 1. The van der Waals surface area contributed by atoms with Crippen LogP contribution in [0.4, 0.5) is 10.1 Å². The molecule has 0 spiro atoms. The summed E-state index contributed by atoms with van der Waals surface area (Å²) in [4.78, 5) is 18.4. The van der Waals surface area contributed by atoms with Gasteiger partial charge in [0.25, 0.3) is 5.91 Å². The highest BCUT2D eigenvalue weighted by Gasteiger charge is 2.21. The van der Waals surface area contributed by atoms with E-state index in [1.807, 2.05) is 12.1 Å². The first-order valence-electron chi connectivity index (χ1n) is 7.04. The van der Waals surface area contributed by atoms with Gasteiger partial charge in [-0.3, -0.25) is 9.78 Å². The van der Waals surface area contributed by atoms with Crippen LogP contribution in [0.1, 0.15) is 17.7 Å². The zero-order chi connectivity index (χ0) is 15.5. The quantitative estimate of drug-likeness (QED) is 0.788. The van der Waals surface area contributed by atoms with Crippen LogP contribution in [0.3, 0.4) is 0 Å². The molecule has 1 amide bonds. The molecule has 0 saturated heterocycles. The van der Waals surface area contributed by atoms with Crippen LogP contribution in [0.5, 0.6) is 0 Å². The number of hydrogen-bond acceptors (Lipinski definition) is 2. The van der Waals surface area contributed by atoms with Crippen LogP contribution in [-0.4, -0.2) is 17.4 Å². The van der Waals surface area contributed by atoms with E-state index >= 15 is 0 Å². The number of amides is 1. The second-order valence-corrected chi connectivity index (χ2v) is 5.44. The van der Waals surface area contributed by atoms with Gasteiger partial charge in [-0.1, -0.05) is 17.7 Å². The highest BCUT2D eigenvalue weighted by molar-refractivity contribution is 6.32. The number of nitrogens with zero attached hydrogens (tertiary/aromatic N) is 2. The number of pyridine rings is 1. The highest BCUT2D eigenvalue weighted by Crippen LogP contribution is 2.26. The Morgan fingerprint density at radius 2 is 2.18 bits per heavy atom. The number of hydrogen-bond donors (Lipinski definition) is 0. The normalized spacial score (nSPS) is 14.2. The average molecular weight is 317 g/mol. The van der Waals surface area contributed by atoms with Crippen molar-refractivity contribution >= 4 is 29.3 Å². The molecule has 3 rings (SSSR count). The summed E-state index contributed by atoms with van der Waals surface area (Å²) >= 11 is 5.95.